The summed E-state index contributed by atoms with van der Waals surface area (Å²) in [6, 6.07) is 0. The Balaban J connectivity index is 1.77. The number of aliphatic hydroxyl groups excluding tert-OH is 1. The first-order valence-corrected chi connectivity index (χ1v) is 7.64. The second-order valence-electron chi connectivity index (χ2n) is 6.61. The van der Waals surface area contributed by atoms with E-state index in [4.69, 9.17) is 4.74 Å². The van der Waals surface area contributed by atoms with E-state index in [2.05, 4.69) is 19.2 Å². The number of rotatable bonds is 5. The van der Waals surface area contributed by atoms with Crippen molar-refractivity contribution in [3.8, 4) is 0 Å². The molecule has 1 aliphatic carbocycles. The fraction of sp³-hybridized carbons (Fsp3) is 1.00. The van der Waals surface area contributed by atoms with Crippen molar-refractivity contribution >= 4 is 0 Å². The summed E-state index contributed by atoms with van der Waals surface area (Å²) in [5, 5.41) is 13.7. The van der Waals surface area contributed by atoms with E-state index in [0.717, 1.165) is 32.5 Å². The highest BCUT2D eigenvalue weighted by molar-refractivity contribution is 4.93. The fourth-order valence-corrected chi connectivity index (χ4v) is 3.45. The number of hydrogen-bond donors (Lipinski definition) is 2. The first-order valence-electron chi connectivity index (χ1n) is 7.64. The third-order valence-corrected chi connectivity index (χ3v) is 4.50. The molecule has 1 heterocycles. The number of nitrogens with one attached hydrogen (secondary N) is 1. The van der Waals surface area contributed by atoms with Crippen molar-refractivity contribution in [1.82, 2.24) is 5.32 Å². The van der Waals surface area contributed by atoms with E-state index in [1.54, 1.807) is 0 Å². The van der Waals surface area contributed by atoms with E-state index >= 15 is 0 Å². The maximum atomic E-state index is 10.3. The second-order valence-corrected chi connectivity index (χ2v) is 6.61. The molecule has 1 saturated heterocycles. The Hall–Kier alpha value is -0.120. The predicted molar refractivity (Wildman–Crippen MR) is 73.6 cm³/mol. The van der Waals surface area contributed by atoms with Gasteiger partial charge >= 0.3 is 0 Å². The molecule has 2 N–H and O–H groups in total. The smallest absolute Gasteiger partial charge is 0.0694 e. The molecule has 0 bridgehead atoms. The predicted octanol–water partition coefficient (Wildman–Crippen LogP) is 2.33. The van der Waals surface area contributed by atoms with Crippen LogP contribution >= 0.6 is 0 Å². The van der Waals surface area contributed by atoms with Gasteiger partial charge in [0.1, 0.15) is 0 Å². The fourth-order valence-electron chi connectivity index (χ4n) is 3.45. The number of aliphatic hydroxyl groups is 1. The lowest BCUT2D eigenvalue weighted by molar-refractivity contribution is -0.112. The third-order valence-electron chi connectivity index (χ3n) is 4.50. The average molecular weight is 255 g/mol. The minimum absolute atomic E-state index is 0.127. The Morgan fingerprint density at radius 2 is 2.00 bits per heavy atom. The molecule has 1 saturated carbocycles. The van der Waals surface area contributed by atoms with E-state index in [1.165, 1.54) is 25.7 Å². The van der Waals surface area contributed by atoms with Crippen LogP contribution in [-0.2, 0) is 4.74 Å². The quantitative estimate of drug-likeness (QED) is 0.792. The molecule has 1 spiro atoms. The molecule has 2 aliphatic rings. The van der Waals surface area contributed by atoms with Crippen molar-refractivity contribution in [3.63, 3.8) is 0 Å². The minimum Gasteiger partial charge on any atom is -0.392 e. The third kappa shape index (κ3) is 3.69. The summed E-state index contributed by atoms with van der Waals surface area (Å²) in [6.07, 6.45) is 6.89. The van der Waals surface area contributed by atoms with Crippen LogP contribution in [0.3, 0.4) is 0 Å². The van der Waals surface area contributed by atoms with Gasteiger partial charge in [-0.2, -0.15) is 0 Å². The molecule has 2 fully saturated rings. The van der Waals surface area contributed by atoms with Gasteiger partial charge in [0.2, 0.25) is 0 Å². The SMILES string of the molecule is CC(C)CNCC(O)C1CCOC2(CCCC2)C1. The highest BCUT2D eigenvalue weighted by atomic mass is 16.5. The molecular formula is C15H29NO2. The van der Waals surface area contributed by atoms with E-state index in [1.807, 2.05) is 0 Å². The molecule has 0 aromatic heterocycles. The van der Waals surface area contributed by atoms with Crippen molar-refractivity contribution in [3.05, 3.63) is 0 Å². The molecule has 2 unspecified atom stereocenters. The molecule has 106 valence electrons. The summed E-state index contributed by atoms with van der Waals surface area (Å²) >= 11 is 0. The van der Waals surface area contributed by atoms with E-state index in [9.17, 15) is 5.11 Å². The highest BCUT2D eigenvalue weighted by Crippen LogP contribution is 2.42. The van der Waals surface area contributed by atoms with Crippen LogP contribution in [-0.4, -0.2) is 36.5 Å². The first kappa shape index (κ1) is 14.3. The summed E-state index contributed by atoms with van der Waals surface area (Å²) < 4.78 is 6.02. The zero-order valence-electron chi connectivity index (χ0n) is 12.0. The second kappa shape index (κ2) is 6.36. The average Bonchev–Trinajstić information content (AvgIpc) is 2.76. The van der Waals surface area contributed by atoms with Crippen molar-refractivity contribution in [2.75, 3.05) is 19.7 Å². The van der Waals surface area contributed by atoms with Gasteiger partial charge in [0, 0.05) is 13.2 Å². The van der Waals surface area contributed by atoms with Gasteiger partial charge in [-0.1, -0.05) is 26.7 Å². The molecule has 0 aromatic carbocycles. The maximum absolute atomic E-state index is 10.3. The van der Waals surface area contributed by atoms with Gasteiger partial charge in [-0.25, -0.2) is 0 Å². The Morgan fingerprint density at radius 3 is 2.67 bits per heavy atom. The molecule has 18 heavy (non-hydrogen) atoms. The van der Waals surface area contributed by atoms with Gasteiger partial charge in [-0.15, -0.1) is 0 Å². The van der Waals surface area contributed by atoms with Crippen LogP contribution in [0.1, 0.15) is 52.4 Å². The normalized spacial score (nSPS) is 29.0. The Kier molecular flexibility index (Phi) is 5.05. The summed E-state index contributed by atoms with van der Waals surface area (Å²) in [6.45, 7) is 6.96. The Morgan fingerprint density at radius 1 is 1.28 bits per heavy atom. The molecule has 1 aliphatic heterocycles. The lowest BCUT2D eigenvalue weighted by Gasteiger charge is -2.40. The minimum atomic E-state index is -0.204. The zero-order chi connectivity index (χ0) is 13.0. The highest BCUT2D eigenvalue weighted by Gasteiger charge is 2.41. The van der Waals surface area contributed by atoms with Crippen LogP contribution in [0.5, 0.6) is 0 Å². The van der Waals surface area contributed by atoms with Crippen LogP contribution in [0.25, 0.3) is 0 Å². The molecule has 2 rings (SSSR count). The number of hydrogen-bond acceptors (Lipinski definition) is 3. The van der Waals surface area contributed by atoms with Gasteiger partial charge < -0.3 is 15.2 Å². The molecule has 0 aromatic rings. The van der Waals surface area contributed by atoms with E-state index in [0.29, 0.717) is 11.8 Å². The summed E-state index contributed by atoms with van der Waals surface area (Å²) in [7, 11) is 0. The van der Waals surface area contributed by atoms with E-state index < -0.39 is 0 Å². The standard InChI is InChI=1S/C15H29NO2/c1-12(2)10-16-11-14(17)13-5-8-18-15(9-13)6-3-4-7-15/h12-14,16-17H,3-11H2,1-2H3. The zero-order valence-corrected chi connectivity index (χ0v) is 12.0. The van der Waals surface area contributed by atoms with Crippen molar-refractivity contribution < 1.29 is 9.84 Å². The topological polar surface area (TPSA) is 41.5 Å². The molecule has 2 atom stereocenters. The monoisotopic (exact) mass is 255 g/mol. The van der Waals surface area contributed by atoms with Crippen LogP contribution in [0.15, 0.2) is 0 Å². The molecule has 0 radical (unpaired) electrons. The largest absolute Gasteiger partial charge is 0.392 e. The van der Waals surface area contributed by atoms with Crippen molar-refractivity contribution in [1.29, 1.82) is 0 Å². The Bertz CT molecular complexity index is 249. The lowest BCUT2D eigenvalue weighted by Crippen LogP contribution is -2.44. The van der Waals surface area contributed by atoms with Crippen LogP contribution in [0.2, 0.25) is 0 Å². The van der Waals surface area contributed by atoms with Crippen LogP contribution < -0.4 is 5.32 Å². The van der Waals surface area contributed by atoms with Crippen molar-refractivity contribution in [2.45, 2.75) is 64.1 Å². The first-order chi connectivity index (χ1) is 8.61. The number of ether oxygens (including phenoxy) is 1. The maximum Gasteiger partial charge on any atom is 0.0694 e. The van der Waals surface area contributed by atoms with E-state index in [-0.39, 0.29) is 11.7 Å². The molecule has 3 nitrogen and oxygen atoms in total. The van der Waals surface area contributed by atoms with Crippen LogP contribution in [0.4, 0.5) is 0 Å². The van der Waals surface area contributed by atoms with Crippen LogP contribution in [0, 0.1) is 11.8 Å². The lowest BCUT2D eigenvalue weighted by atomic mass is 9.81. The van der Waals surface area contributed by atoms with Gasteiger partial charge in [-0.05, 0) is 44.1 Å². The van der Waals surface area contributed by atoms with Gasteiger partial charge in [0.15, 0.2) is 0 Å². The van der Waals surface area contributed by atoms with Crippen molar-refractivity contribution in [2.24, 2.45) is 11.8 Å². The van der Waals surface area contributed by atoms with Gasteiger partial charge in [-0.3, -0.25) is 0 Å². The summed E-state index contributed by atoms with van der Waals surface area (Å²) in [5.41, 5.74) is 0.127. The molecular weight excluding hydrogens is 226 g/mol. The van der Waals surface area contributed by atoms with Gasteiger partial charge in [0.05, 0.1) is 11.7 Å². The molecule has 3 heteroatoms. The van der Waals surface area contributed by atoms with Gasteiger partial charge in [0.25, 0.3) is 0 Å². The summed E-state index contributed by atoms with van der Waals surface area (Å²) in [4.78, 5) is 0. The summed E-state index contributed by atoms with van der Waals surface area (Å²) in [5.74, 6) is 1.07. The Labute approximate surface area is 111 Å². The molecule has 0 amide bonds.